The van der Waals surface area contributed by atoms with Gasteiger partial charge in [-0.3, -0.25) is 48.5 Å². The first-order chi connectivity index (χ1) is 42.0. The number of rotatable bonds is 27. The van der Waals surface area contributed by atoms with Crippen LogP contribution in [0.5, 0.6) is 5.75 Å². The molecule has 28 nitrogen and oxygen atoms in total. The number of thioether (sulfide) groups is 1. The number of methoxy groups -OCH3 is 2. The van der Waals surface area contributed by atoms with E-state index >= 15 is 0 Å². The van der Waals surface area contributed by atoms with Crippen molar-refractivity contribution < 1.29 is 86.6 Å². The fourth-order valence-electron chi connectivity index (χ4n) is 10.9. The molecule has 0 radical (unpaired) electrons. The molecule has 1 aromatic carbocycles. The number of likely N-dealkylation sites (N-methyl/N-ethyl adjacent to an activating group) is 1. The fourth-order valence-corrected chi connectivity index (χ4v) is 12.3. The minimum Gasteiger partial charge on any atom is -0.495 e. The summed E-state index contributed by atoms with van der Waals surface area (Å²) < 4.78 is 29.4. The molecule has 3 heterocycles. The number of nitrogens with zero attached hydrogens (tertiary/aromatic N) is 2. The molecule has 4 bridgehead atoms. The van der Waals surface area contributed by atoms with Crippen molar-refractivity contribution in [1.82, 2.24) is 36.8 Å². The van der Waals surface area contributed by atoms with Crippen LogP contribution in [-0.2, 0) is 73.3 Å². The maximum atomic E-state index is 14.4. The lowest BCUT2D eigenvalue weighted by Crippen LogP contribution is -2.63. The maximum Gasteiger partial charge on any atom is 0.409 e. The lowest BCUT2D eigenvalue weighted by molar-refractivity contribution is -0.162. The Kier molecular flexibility index (Phi) is 27.5. The average molecular weight is 1290 g/mol. The van der Waals surface area contributed by atoms with Crippen LogP contribution in [-0.4, -0.2) is 200 Å². The van der Waals surface area contributed by atoms with Gasteiger partial charge in [0.1, 0.15) is 46.8 Å². The van der Waals surface area contributed by atoms with Crippen molar-refractivity contribution in [2.24, 2.45) is 29.2 Å². The third-order valence-electron chi connectivity index (χ3n) is 16.6. The summed E-state index contributed by atoms with van der Waals surface area (Å²) in [6, 6.07) is 1.25. The summed E-state index contributed by atoms with van der Waals surface area (Å²) in [5, 5.41) is 36.0. The van der Waals surface area contributed by atoms with E-state index < -0.39 is 138 Å². The van der Waals surface area contributed by atoms with E-state index in [0.717, 1.165) is 27.8 Å². The zero-order chi connectivity index (χ0) is 65.9. The van der Waals surface area contributed by atoms with E-state index in [0.29, 0.717) is 62.9 Å². The SMILES string of the molecule is COc1cc2cc(c1Cl)N(C)C(=O)C[C@H](OC(=O)[C@H](C)N(C)C(=O)CCS[C@@H](CC(=O)O)C(=O)NCC1CCC(C(=O)NCCCCC(NC(=O)CNC(=O)CNC(=O)CN)C(N)=O)CC1)[C@]1(C)O[C@H]1[C@H](C)C1C[C@@](O)(NC(=O)O1)[C@H](OC)/C=C/C=C(\C)C2. The third kappa shape index (κ3) is 21.0. The Morgan fingerprint density at radius 3 is 2.33 bits per heavy atom. The number of aliphatic hydroxyl groups is 1. The summed E-state index contributed by atoms with van der Waals surface area (Å²) in [5.41, 5.74) is 9.28. The number of aliphatic carboxylic acids is 1. The molecule has 1 aromatic rings. The molecule has 3 aliphatic heterocycles. The molecule has 1 aliphatic carbocycles. The van der Waals surface area contributed by atoms with Gasteiger partial charge in [-0.1, -0.05) is 42.3 Å². The van der Waals surface area contributed by atoms with Crippen LogP contribution in [0.15, 0.2) is 35.9 Å². The Hall–Kier alpha value is -7.05. The molecule has 2 saturated heterocycles. The van der Waals surface area contributed by atoms with E-state index in [4.69, 9.17) is 46.8 Å². The highest BCUT2D eigenvalue weighted by Gasteiger charge is 2.64. The lowest BCUT2D eigenvalue weighted by Gasteiger charge is -2.42. The average Bonchev–Trinajstić information content (AvgIpc) is 1.72. The highest BCUT2D eigenvalue weighted by Crippen LogP contribution is 2.49. The number of amides is 9. The number of carboxylic acid groups (broad SMARTS) is 1. The van der Waals surface area contributed by atoms with E-state index in [1.165, 1.54) is 40.1 Å². The standard InChI is InChI=1S/C59H87ClN10O18S/c1-32-12-11-14-43(85-8)59(83)27-41(86-57(82)68-59)33(2)52-58(4,88-52)44(26-49(75)70(6)39-23-36(22-32)24-40(84-7)51(39)60)87-56(81)34(3)69(5)48(74)19-21-89-42(25-50(76)77)55(80)66-29-35-15-17-37(18-16-35)54(79)63-20-10-9-13-38(53(62)78)67-47(73)31-65-46(72)30-64-45(71)28-61/h11-12,14,23-24,33-35,37-38,41-44,52,83H,9-10,13,15-22,25-31,61H2,1-8H3,(H2,62,78)(H,63,79)(H,64,71)(H,65,72)(H,66,80)(H,67,73)(H,68,82)(H,76,77)/b14-11+,32-12+/t33-,34+,35?,37?,38?,41?,42+,43-,44+,52+,58+,59+/m1/s1. The summed E-state index contributed by atoms with van der Waals surface area (Å²) in [5.74, 6) is -7.04. The molecule has 89 heavy (non-hydrogen) atoms. The molecule has 0 spiro atoms. The Morgan fingerprint density at radius 1 is 0.989 bits per heavy atom. The van der Waals surface area contributed by atoms with Gasteiger partial charge < -0.3 is 81.7 Å². The second-order valence-electron chi connectivity index (χ2n) is 23.1. The van der Waals surface area contributed by atoms with E-state index in [1.807, 2.05) is 13.0 Å². The molecule has 3 fully saturated rings. The number of hydrogen-bond donors (Lipinski definition) is 10. The molecule has 494 valence electrons. The van der Waals surface area contributed by atoms with E-state index in [9.17, 15) is 63.0 Å². The molecular weight excluding hydrogens is 1200 g/mol. The number of primary amides is 1. The number of fused-ring (bicyclic) bond motifs is 5. The van der Waals surface area contributed by atoms with Crippen LogP contribution < -0.4 is 53.0 Å². The predicted molar refractivity (Wildman–Crippen MR) is 326 cm³/mol. The number of ether oxygens (including phenoxy) is 5. The van der Waals surface area contributed by atoms with E-state index in [2.05, 4.69) is 31.9 Å². The van der Waals surface area contributed by atoms with Gasteiger partial charge in [-0.25, -0.2) is 9.59 Å². The van der Waals surface area contributed by atoms with Crippen molar-refractivity contribution in [2.45, 2.75) is 158 Å². The summed E-state index contributed by atoms with van der Waals surface area (Å²) in [6.45, 7) is 6.14. The number of alkyl carbamates (subject to hydrolysis) is 1. The molecule has 30 heteroatoms. The Labute approximate surface area is 526 Å². The molecule has 5 rings (SSSR count). The summed E-state index contributed by atoms with van der Waals surface area (Å²) in [6.07, 6.45) is 2.71. The van der Waals surface area contributed by atoms with Crippen molar-refractivity contribution >= 4 is 94.3 Å². The van der Waals surface area contributed by atoms with Gasteiger partial charge >= 0.3 is 18.0 Å². The van der Waals surface area contributed by atoms with E-state index in [1.54, 1.807) is 38.1 Å². The number of hydrogen-bond acceptors (Lipinski definition) is 19. The Balaban J connectivity index is 1.12. The fraction of sp³-hybridized carbons (Fsp3) is 0.644. The van der Waals surface area contributed by atoms with Gasteiger partial charge in [0.2, 0.25) is 47.3 Å². The highest BCUT2D eigenvalue weighted by atomic mass is 35.5. The normalized spacial score (nSPS) is 26.3. The Morgan fingerprint density at radius 2 is 1.67 bits per heavy atom. The monoisotopic (exact) mass is 1290 g/mol. The molecule has 4 aliphatic rings. The van der Waals surface area contributed by atoms with Crippen LogP contribution in [0.1, 0.15) is 104 Å². The molecule has 1 saturated carbocycles. The van der Waals surface area contributed by atoms with Gasteiger partial charge in [0.25, 0.3) is 0 Å². The molecular formula is C59H87ClN10O18S. The largest absolute Gasteiger partial charge is 0.495 e. The molecule has 10 atom stereocenters. The number of esters is 1. The maximum absolute atomic E-state index is 14.4. The van der Waals surface area contributed by atoms with Crippen LogP contribution in [0.2, 0.25) is 5.02 Å². The first-order valence-corrected chi connectivity index (χ1v) is 31.0. The summed E-state index contributed by atoms with van der Waals surface area (Å²) >= 11 is 7.80. The minimum atomic E-state index is -1.92. The number of nitrogens with two attached hydrogens (primary N) is 2. The van der Waals surface area contributed by atoms with Crippen LogP contribution >= 0.6 is 23.4 Å². The third-order valence-corrected chi connectivity index (χ3v) is 18.2. The molecule has 0 aromatic heterocycles. The van der Waals surface area contributed by atoms with Crippen molar-refractivity contribution in [3.63, 3.8) is 0 Å². The van der Waals surface area contributed by atoms with Crippen LogP contribution in [0.25, 0.3) is 0 Å². The topological polar surface area (TPSA) is 408 Å². The highest BCUT2D eigenvalue weighted by molar-refractivity contribution is 8.00. The van der Waals surface area contributed by atoms with E-state index in [-0.39, 0.29) is 67.4 Å². The number of epoxide rings is 1. The predicted octanol–water partition coefficient (Wildman–Crippen LogP) is 0.851. The van der Waals surface area contributed by atoms with Crippen LogP contribution in [0.4, 0.5) is 10.5 Å². The van der Waals surface area contributed by atoms with Gasteiger partial charge in [-0.05, 0) is 95.8 Å². The van der Waals surface area contributed by atoms with Gasteiger partial charge in [0.05, 0.1) is 56.6 Å². The second kappa shape index (κ2) is 33.7. The number of halogens is 1. The molecule has 2 unspecified atom stereocenters. The minimum absolute atomic E-state index is 0.0111. The number of nitrogens with one attached hydrogen (secondary N) is 6. The van der Waals surface area contributed by atoms with Gasteiger partial charge in [0.15, 0.2) is 5.72 Å². The first kappa shape index (κ1) is 72.7. The van der Waals surface area contributed by atoms with Crippen molar-refractivity contribution in [3.05, 3.63) is 46.5 Å². The Bertz CT molecular complexity index is 2820. The summed E-state index contributed by atoms with van der Waals surface area (Å²) in [4.78, 5) is 144. The number of unbranched alkanes of at least 4 members (excludes halogenated alkanes) is 1. The number of carboxylic acids is 1. The zero-order valence-electron chi connectivity index (χ0n) is 51.6. The van der Waals surface area contributed by atoms with Gasteiger partial charge in [-0.2, -0.15) is 0 Å². The van der Waals surface area contributed by atoms with Crippen molar-refractivity contribution in [3.8, 4) is 5.75 Å². The number of allylic oxidation sites excluding steroid dienone is 3. The lowest BCUT2D eigenvalue weighted by atomic mass is 9.81. The number of anilines is 1. The van der Waals surface area contributed by atoms with Crippen molar-refractivity contribution in [1.29, 1.82) is 0 Å². The second-order valence-corrected chi connectivity index (χ2v) is 24.8. The first-order valence-electron chi connectivity index (χ1n) is 29.6. The van der Waals surface area contributed by atoms with Crippen LogP contribution in [0.3, 0.4) is 0 Å². The molecule has 12 N–H and O–H groups in total. The number of benzene rings is 1. The molecule has 9 amide bonds. The van der Waals surface area contributed by atoms with Gasteiger partial charge in [-0.15, -0.1) is 11.8 Å². The zero-order valence-corrected chi connectivity index (χ0v) is 53.2. The summed E-state index contributed by atoms with van der Waals surface area (Å²) in [7, 11) is 5.75. The number of carbonyl (C=O) groups excluding carboxylic acids is 10. The van der Waals surface area contributed by atoms with Crippen LogP contribution in [0, 0.1) is 17.8 Å². The number of carbonyl (C=O) groups is 11. The smallest absolute Gasteiger partial charge is 0.409 e. The van der Waals surface area contributed by atoms with Gasteiger partial charge in [0, 0.05) is 64.7 Å². The van der Waals surface area contributed by atoms with Crippen molar-refractivity contribution in [2.75, 3.05) is 71.7 Å². The quantitative estimate of drug-likeness (QED) is 0.0332.